The highest BCUT2D eigenvalue weighted by molar-refractivity contribution is 6.09. The average Bonchev–Trinajstić information content (AvgIpc) is 2.81. The van der Waals surface area contributed by atoms with E-state index in [1.807, 2.05) is 0 Å². The number of hydrogen-bond acceptors (Lipinski definition) is 5. The molecule has 8 heteroatoms. The number of benzene rings is 2. The Morgan fingerprint density at radius 3 is 1.53 bits per heavy atom. The molecule has 8 nitrogen and oxygen atoms in total. The van der Waals surface area contributed by atoms with E-state index in [0.717, 1.165) is 25.7 Å². The molecule has 0 aromatic heterocycles. The molecule has 0 spiro atoms. The van der Waals surface area contributed by atoms with Crippen LogP contribution in [-0.4, -0.2) is 39.0 Å². The van der Waals surface area contributed by atoms with Crippen molar-refractivity contribution >= 4 is 23.8 Å². The zero-order valence-corrected chi connectivity index (χ0v) is 18.1. The van der Waals surface area contributed by atoms with Gasteiger partial charge in [0.2, 0.25) is 0 Å². The number of aliphatic carboxylic acids is 2. The maximum atomic E-state index is 11.9. The van der Waals surface area contributed by atoms with Gasteiger partial charge in [-0.25, -0.2) is 10.9 Å². The van der Waals surface area contributed by atoms with E-state index >= 15 is 0 Å². The Morgan fingerprint density at radius 2 is 1.16 bits per heavy atom. The molecule has 2 amide bonds. The summed E-state index contributed by atoms with van der Waals surface area (Å²) in [5.74, 6) is 0.829. The molecule has 0 saturated heterocycles. The van der Waals surface area contributed by atoms with E-state index in [4.69, 9.17) is 16.1 Å². The molecule has 0 atom stereocenters. The highest BCUT2D eigenvalue weighted by Crippen LogP contribution is 2.12. The van der Waals surface area contributed by atoms with Gasteiger partial charge in [0.15, 0.2) is 5.92 Å². The van der Waals surface area contributed by atoms with Gasteiger partial charge in [-0.2, -0.15) is 0 Å². The van der Waals surface area contributed by atoms with Crippen molar-refractivity contribution in [3.8, 4) is 0 Å². The van der Waals surface area contributed by atoms with Crippen LogP contribution < -0.4 is 5.84 Å². The van der Waals surface area contributed by atoms with Gasteiger partial charge < -0.3 is 10.2 Å². The smallest absolute Gasteiger partial charge is 0.317 e. The summed E-state index contributed by atoms with van der Waals surface area (Å²) < 4.78 is 0. The maximum Gasteiger partial charge on any atom is 0.317 e. The Labute approximate surface area is 187 Å². The second kappa shape index (κ2) is 14.5. The van der Waals surface area contributed by atoms with Crippen LogP contribution in [-0.2, 0) is 9.59 Å². The van der Waals surface area contributed by atoms with E-state index in [9.17, 15) is 19.2 Å². The molecule has 0 fully saturated rings. The highest BCUT2D eigenvalue weighted by Gasteiger charge is 2.24. The van der Waals surface area contributed by atoms with Gasteiger partial charge in [0.1, 0.15) is 0 Å². The summed E-state index contributed by atoms with van der Waals surface area (Å²) in [6.45, 7) is 2.09. The molecular weight excluding hydrogens is 412 g/mol. The number of nitrogens with two attached hydrogens (primary N) is 1. The Kier molecular flexibility index (Phi) is 12.0. The molecule has 0 aliphatic heterocycles. The third kappa shape index (κ3) is 9.09. The lowest BCUT2D eigenvalue weighted by molar-refractivity contribution is -0.154. The van der Waals surface area contributed by atoms with Crippen molar-refractivity contribution in [3.05, 3.63) is 71.8 Å². The summed E-state index contributed by atoms with van der Waals surface area (Å²) in [4.78, 5) is 44.8. The molecule has 0 aliphatic rings. The lowest BCUT2D eigenvalue weighted by Gasteiger charge is -2.14. The lowest BCUT2D eigenvalue weighted by atomic mass is 10.0. The van der Waals surface area contributed by atoms with Crippen molar-refractivity contribution in [2.24, 2.45) is 11.8 Å². The van der Waals surface area contributed by atoms with Gasteiger partial charge in [-0.15, -0.1) is 0 Å². The first-order valence-electron chi connectivity index (χ1n) is 10.5. The average molecular weight is 443 g/mol. The van der Waals surface area contributed by atoms with Crippen LogP contribution >= 0.6 is 0 Å². The number of hydrogen-bond donors (Lipinski definition) is 3. The van der Waals surface area contributed by atoms with Crippen LogP contribution in [0.3, 0.4) is 0 Å². The third-order valence-corrected chi connectivity index (χ3v) is 4.67. The molecule has 2 rings (SSSR count). The second-order valence-corrected chi connectivity index (χ2v) is 7.14. The quantitative estimate of drug-likeness (QED) is 0.126. The van der Waals surface area contributed by atoms with Crippen molar-refractivity contribution in [1.82, 2.24) is 5.01 Å². The van der Waals surface area contributed by atoms with Crippen molar-refractivity contribution in [1.29, 1.82) is 0 Å². The summed E-state index contributed by atoms with van der Waals surface area (Å²) in [5, 5.41) is 17.8. The molecule has 0 heterocycles. The summed E-state index contributed by atoms with van der Waals surface area (Å²) in [5.41, 5.74) is 0.758. The number of carbonyl (C=O) groups is 4. The van der Waals surface area contributed by atoms with E-state index in [0.29, 0.717) is 22.6 Å². The van der Waals surface area contributed by atoms with Crippen LogP contribution in [0.1, 0.15) is 66.2 Å². The molecule has 0 unspecified atom stereocenters. The maximum absolute atomic E-state index is 11.9. The molecule has 172 valence electrons. The van der Waals surface area contributed by atoms with Gasteiger partial charge in [-0.3, -0.25) is 19.2 Å². The van der Waals surface area contributed by atoms with Crippen LogP contribution in [0, 0.1) is 5.92 Å². The van der Waals surface area contributed by atoms with Gasteiger partial charge in [0.25, 0.3) is 11.8 Å². The predicted molar refractivity (Wildman–Crippen MR) is 120 cm³/mol. The van der Waals surface area contributed by atoms with Crippen LogP contribution in [0.5, 0.6) is 0 Å². The van der Waals surface area contributed by atoms with E-state index in [-0.39, 0.29) is 6.42 Å². The second-order valence-electron chi connectivity index (χ2n) is 7.14. The fourth-order valence-corrected chi connectivity index (χ4v) is 2.84. The Balaban J connectivity index is 0.000000333. The van der Waals surface area contributed by atoms with Crippen molar-refractivity contribution in [2.75, 3.05) is 0 Å². The standard InChI is InChI=1S/C14H12N2O2.C10H18O4/c15-16(13(17)11-7-3-1-4-8-11)14(18)12-9-5-2-6-10-12;1-2-3-4-5-6-7-8(9(11)12)10(13)14/h1-10H,15H2;8H,2-7H2,1H3,(H,11,12)(H,13,14). The molecular formula is C24H30N2O6. The molecule has 2 aromatic carbocycles. The van der Waals surface area contributed by atoms with Crippen LogP contribution in [0.25, 0.3) is 0 Å². The van der Waals surface area contributed by atoms with E-state index in [1.54, 1.807) is 60.7 Å². The van der Waals surface area contributed by atoms with Gasteiger partial charge in [0.05, 0.1) is 0 Å². The molecule has 4 N–H and O–H groups in total. The van der Waals surface area contributed by atoms with Crippen molar-refractivity contribution in [2.45, 2.75) is 45.4 Å². The summed E-state index contributed by atoms with van der Waals surface area (Å²) >= 11 is 0. The van der Waals surface area contributed by atoms with E-state index in [2.05, 4.69) is 6.92 Å². The van der Waals surface area contributed by atoms with Gasteiger partial charge in [0, 0.05) is 11.1 Å². The Morgan fingerprint density at radius 1 is 0.750 bits per heavy atom. The minimum absolute atomic E-state index is 0.244. The number of imide groups is 1. The minimum atomic E-state index is -1.23. The topological polar surface area (TPSA) is 138 Å². The predicted octanol–water partition coefficient (Wildman–Crippen LogP) is 3.98. The number of unbranched alkanes of at least 4 members (excludes halogenated alkanes) is 4. The van der Waals surface area contributed by atoms with E-state index < -0.39 is 29.7 Å². The SMILES string of the molecule is CCCCCCCC(C(=O)O)C(=O)O.NN(C(=O)c1ccccc1)C(=O)c1ccccc1. The number of carboxylic acid groups (broad SMARTS) is 2. The normalized spacial score (nSPS) is 10.1. The van der Waals surface area contributed by atoms with E-state index in [1.165, 1.54) is 0 Å². The lowest BCUT2D eigenvalue weighted by Crippen LogP contribution is -2.42. The molecule has 0 aliphatic carbocycles. The van der Waals surface area contributed by atoms with Crippen LogP contribution in [0.4, 0.5) is 0 Å². The molecule has 2 aromatic rings. The number of carbonyl (C=O) groups excluding carboxylic acids is 2. The fraction of sp³-hybridized carbons (Fsp3) is 0.333. The van der Waals surface area contributed by atoms with Crippen molar-refractivity contribution < 1.29 is 29.4 Å². The Bertz CT molecular complexity index is 805. The minimum Gasteiger partial charge on any atom is -0.481 e. The zero-order chi connectivity index (χ0) is 23.9. The molecule has 0 saturated carbocycles. The number of amides is 2. The summed E-state index contributed by atoms with van der Waals surface area (Å²) in [6.07, 6.45) is 5.16. The molecule has 0 radical (unpaired) electrons. The summed E-state index contributed by atoms with van der Waals surface area (Å²) in [6, 6.07) is 16.9. The van der Waals surface area contributed by atoms with Gasteiger partial charge >= 0.3 is 11.9 Å². The van der Waals surface area contributed by atoms with Crippen LogP contribution in [0.2, 0.25) is 0 Å². The largest absolute Gasteiger partial charge is 0.481 e. The first kappa shape index (κ1) is 26.5. The first-order chi connectivity index (χ1) is 15.3. The molecule has 32 heavy (non-hydrogen) atoms. The van der Waals surface area contributed by atoms with Crippen molar-refractivity contribution in [3.63, 3.8) is 0 Å². The molecule has 0 bridgehead atoms. The Hall–Kier alpha value is -3.52. The number of hydrazine groups is 1. The zero-order valence-electron chi connectivity index (χ0n) is 18.1. The number of nitrogens with zero attached hydrogens (tertiary/aromatic N) is 1. The third-order valence-electron chi connectivity index (χ3n) is 4.67. The number of carboxylic acids is 2. The monoisotopic (exact) mass is 442 g/mol. The fourth-order valence-electron chi connectivity index (χ4n) is 2.84. The highest BCUT2D eigenvalue weighted by atomic mass is 16.4. The number of rotatable bonds is 10. The van der Waals surface area contributed by atoms with Gasteiger partial charge in [-0.05, 0) is 30.7 Å². The van der Waals surface area contributed by atoms with Gasteiger partial charge in [-0.1, -0.05) is 75.4 Å². The van der Waals surface area contributed by atoms with Crippen LogP contribution in [0.15, 0.2) is 60.7 Å². The first-order valence-corrected chi connectivity index (χ1v) is 10.5. The summed E-state index contributed by atoms with van der Waals surface area (Å²) in [7, 11) is 0.